The van der Waals surface area contributed by atoms with Gasteiger partial charge >= 0.3 is 0 Å². The van der Waals surface area contributed by atoms with Gasteiger partial charge in [-0.3, -0.25) is 0 Å². The van der Waals surface area contributed by atoms with Gasteiger partial charge in [-0.2, -0.15) is 0 Å². The number of rotatable bonds is 12. The van der Waals surface area contributed by atoms with Crippen molar-refractivity contribution in [2.45, 2.75) is 86.0 Å². The van der Waals surface area contributed by atoms with Gasteiger partial charge in [0.25, 0.3) is 0 Å². The highest BCUT2D eigenvalue weighted by Crippen LogP contribution is 2.42. The van der Waals surface area contributed by atoms with E-state index in [0.717, 1.165) is 24.9 Å². The monoisotopic (exact) mass is 924 g/mol. The molecule has 0 radical (unpaired) electrons. The molecule has 354 valence electrons. The van der Waals surface area contributed by atoms with Crippen molar-refractivity contribution in [1.29, 1.82) is 0 Å². The summed E-state index contributed by atoms with van der Waals surface area (Å²) in [6.07, 6.45) is 30.0. The van der Waals surface area contributed by atoms with E-state index in [4.69, 9.17) is 0 Å². The zero-order valence-electron chi connectivity index (χ0n) is 43.0. The van der Waals surface area contributed by atoms with E-state index in [9.17, 15) is 0 Å². The van der Waals surface area contributed by atoms with Gasteiger partial charge in [-0.1, -0.05) is 197 Å². The average Bonchev–Trinajstić information content (AvgIpc) is 4.16. The lowest BCUT2D eigenvalue weighted by Crippen LogP contribution is -2.21. The minimum absolute atomic E-state index is 0.0118. The SMILES string of the molecule is C/C=C\C(=C/CN(c1ccc(-c2cc(-c3ccc(C)c(/C(C)=C/C=C\C=C4CC4)c3)cc(-c3ccc4c(c3)-c3ccccc3C4)c2)cc1)c1ccc2c(c1)C(C)(C)C/C=C\C=C/C2)c1ccccc1.CC. The van der Waals surface area contributed by atoms with E-state index in [1.807, 2.05) is 13.8 Å². The summed E-state index contributed by atoms with van der Waals surface area (Å²) in [5, 5.41) is 0. The fourth-order valence-corrected chi connectivity index (χ4v) is 10.2. The molecule has 0 unspecified atom stereocenters. The van der Waals surface area contributed by atoms with Gasteiger partial charge in [0.2, 0.25) is 0 Å². The Hall–Kier alpha value is -7.48. The molecule has 1 saturated carbocycles. The summed E-state index contributed by atoms with van der Waals surface area (Å²) in [7, 11) is 0. The Morgan fingerprint density at radius 3 is 2.01 bits per heavy atom. The van der Waals surface area contributed by atoms with E-state index in [0.29, 0.717) is 6.54 Å². The van der Waals surface area contributed by atoms with Gasteiger partial charge in [0.15, 0.2) is 0 Å². The van der Waals surface area contributed by atoms with E-state index in [1.165, 1.54) is 119 Å². The third kappa shape index (κ3) is 11.3. The molecular formula is C70H69N. The van der Waals surface area contributed by atoms with Crippen LogP contribution in [-0.4, -0.2) is 6.54 Å². The van der Waals surface area contributed by atoms with Crippen LogP contribution in [0.4, 0.5) is 11.4 Å². The maximum absolute atomic E-state index is 2.48. The largest absolute Gasteiger partial charge is 0.338 e. The molecule has 0 atom stereocenters. The van der Waals surface area contributed by atoms with Crippen molar-refractivity contribution in [3.63, 3.8) is 0 Å². The summed E-state index contributed by atoms with van der Waals surface area (Å²) in [5.41, 5.74) is 25.7. The quantitative estimate of drug-likeness (QED) is 0.110. The summed E-state index contributed by atoms with van der Waals surface area (Å²) in [4.78, 5) is 2.48. The molecule has 0 spiro atoms. The summed E-state index contributed by atoms with van der Waals surface area (Å²) in [5.74, 6) is 0. The molecule has 0 bridgehead atoms. The van der Waals surface area contributed by atoms with E-state index in [2.05, 4.69) is 258 Å². The van der Waals surface area contributed by atoms with Gasteiger partial charge < -0.3 is 4.90 Å². The van der Waals surface area contributed by atoms with Crippen LogP contribution in [-0.2, 0) is 18.3 Å². The molecule has 1 fully saturated rings. The molecule has 0 aromatic heterocycles. The third-order valence-electron chi connectivity index (χ3n) is 14.3. The molecule has 3 aliphatic carbocycles. The van der Waals surface area contributed by atoms with Crippen LogP contribution < -0.4 is 4.90 Å². The molecule has 0 amide bonds. The molecule has 71 heavy (non-hydrogen) atoms. The van der Waals surface area contributed by atoms with Crippen molar-refractivity contribution >= 4 is 22.5 Å². The highest BCUT2D eigenvalue weighted by Gasteiger charge is 2.25. The third-order valence-corrected chi connectivity index (χ3v) is 14.3. The van der Waals surface area contributed by atoms with E-state index < -0.39 is 0 Å². The first-order valence-corrected chi connectivity index (χ1v) is 25.9. The number of anilines is 2. The first-order chi connectivity index (χ1) is 34.7. The number of hydrogen-bond acceptors (Lipinski definition) is 1. The number of nitrogens with zero attached hydrogens (tertiary/aromatic N) is 1. The van der Waals surface area contributed by atoms with E-state index in [-0.39, 0.29) is 5.41 Å². The fraction of sp³-hybridized carbons (Fsp3) is 0.200. The maximum Gasteiger partial charge on any atom is 0.0420 e. The van der Waals surface area contributed by atoms with Gasteiger partial charge in [0, 0.05) is 17.9 Å². The second kappa shape index (κ2) is 22.1. The fourth-order valence-electron chi connectivity index (χ4n) is 10.2. The molecule has 1 heteroatoms. The molecule has 0 aliphatic heterocycles. The van der Waals surface area contributed by atoms with Gasteiger partial charge in [0.1, 0.15) is 0 Å². The Morgan fingerprint density at radius 2 is 1.25 bits per heavy atom. The lowest BCUT2D eigenvalue weighted by Gasteiger charge is -2.30. The number of aryl methyl sites for hydroxylation is 1. The lowest BCUT2D eigenvalue weighted by molar-refractivity contribution is 0.530. The Kier molecular flexibility index (Phi) is 15.1. The zero-order valence-corrected chi connectivity index (χ0v) is 43.0. The summed E-state index contributed by atoms with van der Waals surface area (Å²) >= 11 is 0. The Morgan fingerprint density at radius 1 is 0.606 bits per heavy atom. The zero-order chi connectivity index (χ0) is 49.3. The summed E-state index contributed by atoms with van der Waals surface area (Å²) in [6.45, 7) is 16.0. The van der Waals surface area contributed by atoms with Crippen LogP contribution in [0.25, 0.3) is 55.7 Å². The van der Waals surface area contributed by atoms with Gasteiger partial charge in [-0.25, -0.2) is 0 Å². The van der Waals surface area contributed by atoms with Crippen LogP contribution in [0.15, 0.2) is 224 Å². The maximum atomic E-state index is 2.48. The number of fused-ring (bicyclic) bond motifs is 4. The molecule has 0 heterocycles. The molecule has 0 saturated heterocycles. The molecular weight excluding hydrogens is 855 g/mol. The van der Waals surface area contributed by atoms with Crippen molar-refractivity contribution in [2.75, 3.05) is 11.4 Å². The normalized spacial score (nSPS) is 15.7. The molecule has 1 nitrogen and oxygen atoms in total. The van der Waals surface area contributed by atoms with Crippen molar-refractivity contribution in [3.05, 3.63) is 263 Å². The number of hydrogen-bond donors (Lipinski definition) is 0. The summed E-state index contributed by atoms with van der Waals surface area (Å²) < 4.78 is 0. The van der Waals surface area contributed by atoms with Gasteiger partial charge in [-0.05, 0) is 207 Å². The number of benzene rings is 7. The van der Waals surface area contributed by atoms with Gasteiger partial charge in [0.05, 0.1) is 0 Å². The van der Waals surface area contributed by atoms with Crippen LogP contribution >= 0.6 is 0 Å². The van der Waals surface area contributed by atoms with Gasteiger partial charge in [-0.15, -0.1) is 0 Å². The highest BCUT2D eigenvalue weighted by molar-refractivity contribution is 5.87. The minimum Gasteiger partial charge on any atom is -0.338 e. The van der Waals surface area contributed by atoms with Crippen molar-refractivity contribution in [1.82, 2.24) is 0 Å². The van der Waals surface area contributed by atoms with Crippen LogP contribution in [0.3, 0.4) is 0 Å². The smallest absolute Gasteiger partial charge is 0.0420 e. The first-order valence-electron chi connectivity index (χ1n) is 25.9. The van der Waals surface area contributed by atoms with Crippen molar-refractivity contribution < 1.29 is 0 Å². The average molecular weight is 924 g/mol. The lowest BCUT2D eigenvalue weighted by atomic mass is 9.78. The Bertz CT molecular complexity index is 3240. The Balaban J connectivity index is 0.00000308. The van der Waals surface area contributed by atoms with E-state index in [1.54, 1.807) is 0 Å². The predicted octanol–water partition coefficient (Wildman–Crippen LogP) is 19.4. The molecule has 7 aromatic rings. The van der Waals surface area contributed by atoms with Crippen LogP contribution in [0, 0.1) is 6.92 Å². The predicted molar refractivity (Wildman–Crippen MR) is 309 cm³/mol. The summed E-state index contributed by atoms with van der Waals surface area (Å²) in [6, 6.07) is 57.3. The first kappa shape index (κ1) is 48.5. The van der Waals surface area contributed by atoms with Crippen LogP contribution in [0.1, 0.15) is 99.7 Å². The minimum atomic E-state index is -0.0118. The molecule has 3 aliphatic rings. The molecule has 7 aromatic carbocycles. The van der Waals surface area contributed by atoms with Crippen molar-refractivity contribution in [3.8, 4) is 44.5 Å². The Labute approximate surface area is 425 Å². The number of allylic oxidation sites excluding steroid dienone is 13. The second-order valence-corrected chi connectivity index (χ2v) is 19.8. The standard InChI is InChI=1S/C68H63N.C2H6/c1-6-18-51(52-21-11-9-12-22-52)38-40-69(63-37-34-54-23-10-7-8-17-39-68(4,5)67(54)47-63)62-35-32-53(33-36-62)59-42-60(55-29-26-49(3)65(45-55)48(2)19-13-14-20-50-27-28-50)44-61(43-59)56-30-31-58-41-57-24-15-16-25-64(57)66(58)46-56;1-2/h6-22,24-26,29-38,42-47H,23,27-28,39-41H2,1-5H3;1-2H3/b10-7-,14-13-,17-8-,18-6-,48-19+,51-38+;. The molecule has 10 rings (SSSR count). The second-order valence-electron chi connectivity index (χ2n) is 19.8. The highest BCUT2D eigenvalue weighted by atomic mass is 15.1. The van der Waals surface area contributed by atoms with E-state index >= 15 is 0 Å². The van der Waals surface area contributed by atoms with Crippen LogP contribution in [0.5, 0.6) is 0 Å². The van der Waals surface area contributed by atoms with Crippen LogP contribution in [0.2, 0.25) is 0 Å². The topological polar surface area (TPSA) is 3.24 Å². The molecule has 0 N–H and O–H groups in total. The van der Waals surface area contributed by atoms with Crippen molar-refractivity contribution in [2.24, 2.45) is 0 Å².